The Morgan fingerprint density at radius 1 is 1.25 bits per heavy atom. The fraction of sp³-hybridized carbons (Fsp3) is 0.412. The number of thiophene rings is 1. The van der Waals surface area contributed by atoms with Crippen LogP contribution < -0.4 is 10.1 Å². The van der Waals surface area contributed by atoms with Crippen LogP contribution in [0.2, 0.25) is 0 Å². The first-order valence-electron chi connectivity index (χ1n) is 7.09. The highest BCUT2D eigenvalue weighted by Crippen LogP contribution is 2.32. The summed E-state index contributed by atoms with van der Waals surface area (Å²) in [6, 6.07) is 8.99. The Kier molecular flexibility index (Phi) is 5.21. The fourth-order valence-electron chi connectivity index (χ4n) is 2.45. The molecule has 1 N–H and O–H groups in total. The van der Waals surface area contributed by atoms with Crippen LogP contribution in [-0.4, -0.2) is 13.7 Å². The number of aryl methyl sites for hydroxylation is 2. The minimum absolute atomic E-state index is 0.277. The Balaban J connectivity index is 2.40. The third-order valence-electron chi connectivity index (χ3n) is 3.52. The van der Waals surface area contributed by atoms with E-state index in [1.54, 1.807) is 7.11 Å². The van der Waals surface area contributed by atoms with Gasteiger partial charge in [0.1, 0.15) is 5.75 Å². The van der Waals surface area contributed by atoms with Crippen molar-refractivity contribution in [2.24, 2.45) is 0 Å². The molecular formula is C17H23NOS. The quantitative estimate of drug-likeness (QED) is 0.847. The van der Waals surface area contributed by atoms with Crippen LogP contribution in [0, 0.1) is 13.8 Å². The topological polar surface area (TPSA) is 21.3 Å². The summed E-state index contributed by atoms with van der Waals surface area (Å²) in [7, 11) is 1.73. The second kappa shape index (κ2) is 6.91. The van der Waals surface area contributed by atoms with Gasteiger partial charge in [0.2, 0.25) is 0 Å². The Labute approximate surface area is 125 Å². The molecule has 2 nitrogen and oxygen atoms in total. The normalized spacial score (nSPS) is 12.4. The Morgan fingerprint density at radius 2 is 2.05 bits per heavy atom. The van der Waals surface area contributed by atoms with Gasteiger partial charge in [-0.3, -0.25) is 0 Å². The lowest BCUT2D eigenvalue weighted by molar-refractivity contribution is 0.411. The molecule has 1 heterocycles. The molecule has 0 amide bonds. The third-order valence-corrected chi connectivity index (χ3v) is 4.46. The van der Waals surface area contributed by atoms with Crippen LogP contribution in [0.4, 0.5) is 0 Å². The number of ether oxygens (including phenoxy) is 1. The molecule has 2 aromatic rings. The molecular weight excluding hydrogens is 266 g/mol. The van der Waals surface area contributed by atoms with E-state index in [4.69, 9.17) is 4.74 Å². The minimum Gasteiger partial charge on any atom is -0.496 e. The van der Waals surface area contributed by atoms with E-state index in [0.717, 1.165) is 18.7 Å². The standard InChI is InChI=1S/C17H23NOS/c1-5-8-18-17(16-7-6-9-20-16)14-10-13(3)15(19-4)11-12(14)2/h6-7,9-11,17-18H,5,8H2,1-4H3. The van der Waals surface area contributed by atoms with Crippen LogP contribution >= 0.6 is 11.3 Å². The number of benzene rings is 1. The first kappa shape index (κ1) is 15.1. The predicted molar refractivity (Wildman–Crippen MR) is 86.9 cm³/mol. The average molecular weight is 289 g/mol. The van der Waals surface area contributed by atoms with Crippen LogP contribution in [-0.2, 0) is 0 Å². The molecule has 0 spiro atoms. The van der Waals surface area contributed by atoms with Crippen molar-refractivity contribution in [3.05, 3.63) is 51.2 Å². The fourth-order valence-corrected chi connectivity index (χ4v) is 3.27. The van der Waals surface area contributed by atoms with E-state index >= 15 is 0 Å². The molecule has 0 saturated carbocycles. The molecule has 0 aliphatic carbocycles. The lowest BCUT2D eigenvalue weighted by atomic mass is 9.97. The van der Waals surface area contributed by atoms with Gasteiger partial charge in [-0.05, 0) is 61.0 Å². The first-order valence-corrected chi connectivity index (χ1v) is 7.97. The summed E-state index contributed by atoms with van der Waals surface area (Å²) >= 11 is 1.81. The van der Waals surface area contributed by atoms with Crippen molar-refractivity contribution < 1.29 is 4.74 Å². The average Bonchev–Trinajstić information content (AvgIpc) is 2.96. The summed E-state index contributed by atoms with van der Waals surface area (Å²) in [6.45, 7) is 7.48. The number of methoxy groups -OCH3 is 1. The molecule has 108 valence electrons. The highest BCUT2D eigenvalue weighted by Gasteiger charge is 2.18. The molecule has 0 bridgehead atoms. The lowest BCUT2D eigenvalue weighted by Crippen LogP contribution is -2.23. The van der Waals surface area contributed by atoms with Crippen molar-refractivity contribution in [1.29, 1.82) is 0 Å². The largest absolute Gasteiger partial charge is 0.496 e. The molecule has 1 aromatic heterocycles. The third kappa shape index (κ3) is 3.22. The minimum atomic E-state index is 0.277. The van der Waals surface area contributed by atoms with Gasteiger partial charge in [-0.1, -0.05) is 19.1 Å². The van der Waals surface area contributed by atoms with Crippen molar-refractivity contribution in [3.8, 4) is 5.75 Å². The molecule has 20 heavy (non-hydrogen) atoms. The zero-order valence-corrected chi connectivity index (χ0v) is 13.5. The molecule has 1 aromatic carbocycles. The van der Waals surface area contributed by atoms with E-state index in [9.17, 15) is 0 Å². The monoisotopic (exact) mass is 289 g/mol. The van der Waals surface area contributed by atoms with E-state index in [1.807, 2.05) is 11.3 Å². The van der Waals surface area contributed by atoms with E-state index in [-0.39, 0.29) is 6.04 Å². The first-order chi connectivity index (χ1) is 9.67. The van der Waals surface area contributed by atoms with Gasteiger partial charge in [-0.25, -0.2) is 0 Å². The van der Waals surface area contributed by atoms with Crippen molar-refractivity contribution in [3.63, 3.8) is 0 Å². The summed E-state index contributed by atoms with van der Waals surface area (Å²) in [5.41, 5.74) is 3.81. The van der Waals surface area contributed by atoms with Gasteiger partial charge in [0.25, 0.3) is 0 Å². The van der Waals surface area contributed by atoms with Gasteiger partial charge in [0, 0.05) is 4.88 Å². The zero-order valence-electron chi connectivity index (χ0n) is 12.7. The number of rotatable bonds is 6. The maximum Gasteiger partial charge on any atom is 0.122 e. The summed E-state index contributed by atoms with van der Waals surface area (Å²) in [5.74, 6) is 0.965. The number of hydrogen-bond donors (Lipinski definition) is 1. The highest BCUT2D eigenvalue weighted by atomic mass is 32.1. The molecule has 0 saturated heterocycles. The van der Waals surface area contributed by atoms with Crippen LogP contribution in [0.25, 0.3) is 0 Å². The molecule has 0 aliphatic rings. The molecule has 0 fully saturated rings. The maximum absolute atomic E-state index is 5.41. The van der Waals surface area contributed by atoms with Crippen molar-refractivity contribution in [2.45, 2.75) is 33.2 Å². The van der Waals surface area contributed by atoms with Gasteiger partial charge in [0.05, 0.1) is 13.2 Å². The van der Waals surface area contributed by atoms with Crippen molar-refractivity contribution >= 4 is 11.3 Å². The van der Waals surface area contributed by atoms with Gasteiger partial charge in [0.15, 0.2) is 0 Å². The van der Waals surface area contributed by atoms with Crippen LogP contribution in [0.5, 0.6) is 5.75 Å². The Bertz CT molecular complexity index is 548. The zero-order chi connectivity index (χ0) is 14.5. The van der Waals surface area contributed by atoms with E-state index in [1.165, 1.54) is 21.6 Å². The number of nitrogens with one attached hydrogen (secondary N) is 1. The molecule has 0 aliphatic heterocycles. The van der Waals surface area contributed by atoms with Crippen molar-refractivity contribution in [2.75, 3.05) is 13.7 Å². The van der Waals surface area contributed by atoms with Crippen LogP contribution in [0.15, 0.2) is 29.6 Å². The number of hydrogen-bond acceptors (Lipinski definition) is 3. The highest BCUT2D eigenvalue weighted by molar-refractivity contribution is 7.10. The second-order valence-corrected chi connectivity index (χ2v) is 6.06. The summed E-state index contributed by atoms with van der Waals surface area (Å²) in [6.07, 6.45) is 1.13. The second-order valence-electron chi connectivity index (χ2n) is 5.08. The lowest BCUT2D eigenvalue weighted by Gasteiger charge is -2.21. The SMILES string of the molecule is CCCNC(c1cccs1)c1cc(C)c(OC)cc1C. The van der Waals surface area contributed by atoms with Gasteiger partial charge < -0.3 is 10.1 Å². The predicted octanol–water partition coefficient (Wildman–Crippen LogP) is 4.46. The van der Waals surface area contributed by atoms with E-state index in [0.29, 0.717) is 0 Å². The van der Waals surface area contributed by atoms with Gasteiger partial charge >= 0.3 is 0 Å². The van der Waals surface area contributed by atoms with Crippen molar-refractivity contribution in [1.82, 2.24) is 5.32 Å². The van der Waals surface area contributed by atoms with Gasteiger partial charge in [-0.15, -0.1) is 11.3 Å². The van der Waals surface area contributed by atoms with Crippen LogP contribution in [0.3, 0.4) is 0 Å². The molecule has 1 atom stereocenters. The van der Waals surface area contributed by atoms with Gasteiger partial charge in [-0.2, -0.15) is 0 Å². The maximum atomic E-state index is 5.41. The van der Waals surface area contributed by atoms with Crippen LogP contribution in [0.1, 0.15) is 41.0 Å². The summed E-state index contributed by atoms with van der Waals surface area (Å²) in [5, 5.41) is 5.80. The summed E-state index contributed by atoms with van der Waals surface area (Å²) < 4.78 is 5.41. The molecule has 2 rings (SSSR count). The molecule has 0 radical (unpaired) electrons. The summed E-state index contributed by atoms with van der Waals surface area (Å²) in [4.78, 5) is 1.37. The molecule has 1 unspecified atom stereocenters. The van der Waals surface area contributed by atoms with E-state index < -0.39 is 0 Å². The van der Waals surface area contributed by atoms with E-state index in [2.05, 4.69) is 55.7 Å². The Hall–Kier alpha value is -1.32. The Morgan fingerprint density at radius 3 is 2.65 bits per heavy atom. The smallest absolute Gasteiger partial charge is 0.122 e. The molecule has 3 heteroatoms.